The van der Waals surface area contributed by atoms with Crippen molar-refractivity contribution in [3.8, 4) is 33.6 Å². The number of hydrogen-bond acceptors (Lipinski definition) is 4. The Kier molecular flexibility index (Phi) is 5.47. The molecule has 0 unspecified atom stereocenters. The van der Waals surface area contributed by atoms with Crippen LogP contribution in [0.3, 0.4) is 0 Å². The maximum absolute atomic E-state index is 5.38. The first kappa shape index (κ1) is 24.6. The first-order chi connectivity index (χ1) is 21.8. The lowest BCUT2D eigenvalue weighted by molar-refractivity contribution is 1.02. The molecule has 0 amide bonds. The summed E-state index contributed by atoms with van der Waals surface area (Å²) in [6.07, 6.45) is 1.49. The van der Waals surface area contributed by atoms with Crippen molar-refractivity contribution in [2.75, 3.05) is 0 Å². The Hall–Kier alpha value is -6.00. The molecular weight excluding hydrogens is 536 g/mol. The molecule has 2 aromatic heterocycles. The zero-order valence-electron chi connectivity index (χ0n) is 23.6. The second kappa shape index (κ2) is 9.79. The molecule has 0 radical (unpaired) electrons. The van der Waals surface area contributed by atoms with E-state index < -0.39 is 0 Å². The van der Waals surface area contributed by atoms with E-state index in [2.05, 4.69) is 149 Å². The molecule has 0 aliphatic rings. The van der Waals surface area contributed by atoms with Gasteiger partial charge in [0.1, 0.15) is 11.8 Å². The summed E-state index contributed by atoms with van der Waals surface area (Å²) in [4.78, 5) is 9.76. The summed E-state index contributed by atoms with van der Waals surface area (Å²) in [5, 5.41) is 18.0. The van der Waals surface area contributed by atoms with Crippen molar-refractivity contribution in [2.24, 2.45) is 0 Å². The van der Waals surface area contributed by atoms with E-state index in [0.717, 1.165) is 44.7 Å². The van der Waals surface area contributed by atoms with E-state index in [4.69, 9.17) is 4.98 Å². The number of nitrogens with zero attached hydrogens (tertiary/aromatic N) is 4. The van der Waals surface area contributed by atoms with E-state index >= 15 is 0 Å². The average Bonchev–Trinajstić information content (AvgIpc) is 3.09. The van der Waals surface area contributed by atoms with Crippen molar-refractivity contribution in [1.29, 1.82) is 0 Å². The number of pyridine rings is 1. The second-order valence-electron chi connectivity index (χ2n) is 11.2. The van der Waals surface area contributed by atoms with E-state index in [1.54, 1.807) is 0 Å². The molecule has 0 saturated heterocycles. The van der Waals surface area contributed by atoms with Gasteiger partial charge in [0, 0.05) is 11.1 Å². The molecule has 0 saturated carbocycles. The molecule has 4 heteroatoms. The molecule has 0 spiro atoms. The van der Waals surface area contributed by atoms with Crippen LogP contribution in [0.4, 0.5) is 0 Å². The standard InChI is InChI=1S/C40H24N4/c1-3-9-27-19-35-30(17-25(27)7-1)11-5-13-33(35)38-22-32(29-15-16-37-40(21-29)44-42-24-41-37)23-39(43-38)34-14-6-12-31-18-26-8-2-4-10-28(26)20-36(31)34/h1-24H. The van der Waals surface area contributed by atoms with Crippen molar-refractivity contribution in [3.63, 3.8) is 0 Å². The normalized spacial score (nSPS) is 11.6. The summed E-state index contributed by atoms with van der Waals surface area (Å²) in [5.74, 6) is 0. The van der Waals surface area contributed by atoms with Crippen LogP contribution >= 0.6 is 0 Å². The predicted molar refractivity (Wildman–Crippen MR) is 181 cm³/mol. The van der Waals surface area contributed by atoms with Gasteiger partial charge in [-0.05, 0) is 103 Å². The molecule has 0 N–H and O–H groups in total. The summed E-state index contributed by atoms with van der Waals surface area (Å²) in [6, 6.07) is 49.7. The molecule has 0 atom stereocenters. The second-order valence-corrected chi connectivity index (χ2v) is 11.2. The quantitative estimate of drug-likeness (QED) is 0.202. The van der Waals surface area contributed by atoms with E-state index in [0.29, 0.717) is 0 Å². The molecule has 204 valence electrons. The maximum atomic E-state index is 5.38. The van der Waals surface area contributed by atoms with Gasteiger partial charge in [0.15, 0.2) is 0 Å². The number of aromatic nitrogens is 4. The van der Waals surface area contributed by atoms with Crippen LogP contribution in [0.5, 0.6) is 0 Å². The van der Waals surface area contributed by atoms with Crippen LogP contribution in [0, 0.1) is 0 Å². The lowest BCUT2D eigenvalue weighted by Crippen LogP contribution is -1.94. The lowest BCUT2D eigenvalue weighted by atomic mass is 9.94. The minimum Gasteiger partial charge on any atom is -0.248 e. The summed E-state index contributed by atoms with van der Waals surface area (Å²) < 4.78 is 0. The minimum absolute atomic E-state index is 0.762. The van der Waals surface area contributed by atoms with Crippen molar-refractivity contribution in [2.45, 2.75) is 0 Å². The molecule has 2 heterocycles. The van der Waals surface area contributed by atoms with Gasteiger partial charge in [-0.25, -0.2) is 9.97 Å². The van der Waals surface area contributed by atoms with E-state index in [9.17, 15) is 0 Å². The van der Waals surface area contributed by atoms with Gasteiger partial charge in [-0.15, -0.1) is 10.2 Å². The third-order valence-electron chi connectivity index (χ3n) is 8.59. The van der Waals surface area contributed by atoms with Crippen LogP contribution in [0.25, 0.3) is 87.8 Å². The SMILES string of the molecule is c1ccc2cc3c(-c4cc(-c5ccc6ncnnc6c5)cc(-c5cccc6cc7ccccc7cc56)n4)cccc3cc2c1. The van der Waals surface area contributed by atoms with Gasteiger partial charge >= 0.3 is 0 Å². The first-order valence-corrected chi connectivity index (χ1v) is 14.7. The molecule has 4 nitrogen and oxygen atoms in total. The van der Waals surface area contributed by atoms with Crippen LogP contribution in [-0.2, 0) is 0 Å². The Balaban J connectivity index is 1.33. The van der Waals surface area contributed by atoms with Crippen molar-refractivity contribution in [1.82, 2.24) is 20.2 Å². The summed E-state index contributed by atoms with van der Waals surface area (Å²) in [5.41, 5.74) is 7.74. The van der Waals surface area contributed by atoms with Crippen LogP contribution in [-0.4, -0.2) is 20.2 Å². The summed E-state index contributed by atoms with van der Waals surface area (Å²) in [6.45, 7) is 0. The summed E-state index contributed by atoms with van der Waals surface area (Å²) >= 11 is 0. The molecule has 0 fully saturated rings. The number of hydrogen-bond donors (Lipinski definition) is 0. The monoisotopic (exact) mass is 560 g/mol. The fraction of sp³-hybridized carbons (Fsp3) is 0. The fourth-order valence-electron chi connectivity index (χ4n) is 6.42. The Bertz CT molecular complexity index is 2430. The lowest BCUT2D eigenvalue weighted by Gasteiger charge is -2.14. The Labute approximate surface area is 253 Å². The van der Waals surface area contributed by atoms with Gasteiger partial charge in [0.25, 0.3) is 0 Å². The Morgan fingerprint density at radius 1 is 0.386 bits per heavy atom. The molecule has 44 heavy (non-hydrogen) atoms. The van der Waals surface area contributed by atoms with Crippen molar-refractivity contribution < 1.29 is 0 Å². The molecule has 9 aromatic rings. The molecular formula is C40H24N4. The van der Waals surface area contributed by atoms with E-state index in [1.807, 2.05) is 6.07 Å². The maximum Gasteiger partial charge on any atom is 0.138 e. The Morgan fingerprint density at radius 2 is 0.932 bits per heavy atom. The van der Waals surface area contributed by atoms with Crippen LogP contribution < -0.4 is 0 Å². The van der Waals surface area contributed by atoms with Gasteiger partial charge in [-0.2, -0.15) is 0 Å². The zero-order chi connectivity index (χ0) is 29.0. The van der Waals surface area contributed by atoms with Gasteiger partial charge in [0.2, 0.25) is 0 Å². The van der Waals surface area contributed by atoms with Gasteiger partial charge in [-0.1, -0.05) is 91.0 Å². The number of benzene rings is 7. The largest absolute Gasteiger partial charge is 0.248 e. The summed E-state index contributed by atoms with van der Waals surface area (Å²) in [7, 11) is 0. The molecule has 0 aliphatic heterocycles. The molecule has 9 rings (SSSR count). The highest BCUT2D eigenvalue weighted by Gasteiger charge is 2.15. The van der Waals surface area contributed by atoms with E-state index in [1.165, 1.54) is 49.4 Å². The van der Waals surface area contributed by atoms with Crippen molar-refractivity contribution in [3.05, 3.63) is 146 Å². The fourth-order valence-corrected chi connectivity index (χ4v) is 6.42. The molecule has 7 aromatic carbocycles. The van der Waals surface area contributed by atoms with Gasteiger partial charge < -0.3 is 0 Å². The zero-order valence-corrected chi connectivity index (χ0v) is 23.6. The van der Waals surface area contributed by atoms with Crippen LogP contribution in [0.1, 0.15) is 0 Å². The highest BCUT2D eigenvalue weighted by Crippen LogP contribution is 2.38. The predicted octanol–water partition coefficient (Wildman–Crippen LogP) is 10.0. The topological polar surface area (TPSA) is 51.6 Å². The van der Waals surface area contributed by atoms with Gasteiger partial charge in [-0.3, -0.25) is 0 Å². The number of rotatable bonds is 3. The Morgan fingerprint density at radius 3 is 1.52 bits per heavy atom. The molecule has 0 aliphatic carbocycles. The van der Waals surface area contributed by atoms with Crippen LogP contribution in [0.2, 0.25) is 0 Å². The average molecular weight is 561 g/mol. The molecule has 0 bridgehead atoms. The third-order valence-corrected chi connectivity index (χ3v) is 8.59. The minimum atomic E-state index is 0.762. The third kappa shape index (κ3) is 4.08. The van der Waals surface area contributed by atoms with Crippen LogP contribution in [0.15, 0.2) is 146 Å². The first-order valence-electron chi connectivity index (χ1n) is 14.7. The highest BCUT2D eigenvalue weighted by atomic mass is 15.1. The smallest absolute Gasteiger partial charge is 0.138 e. The highest BCUT2D eigenvalue weighted by molar-refractivity contribution is 6.07. The van der Waals surface area contributed by atoms with Gasteiger partial charge in [0.05, 0.1) is 16.9 Å². The van der Waals surface area contributed by atoms with E-state index in [-0.39, 0.29) is 0 Å². The van der Waals surface area contributed by atoms with Crippen molar-refractivity contribution >= 4 is 54.1 Å². The number of fused-ring (bicyclic) bond motifs is 5.